The lowest BCUT2D eigenvalue weighted by Crippen LogP contribution is -2.21. The highest BCUT2D eigenvalue weighted by molar-refractivity contribution is 5.89. The maximum Gasteiger partial charge on any atom is 0.358 e. The number of fused-ring (bicyclic) bond motifs is 1. The van der Waals surface area contributed by atoms with Crippen molar-refractivity contribution < 1.29 is 31.8 Å². The molecular weight excluding hydrogens is 468 g/mol. The number of benzene rings is 1. The van der Waals surface area contributed by atoms with Crippen LogP contribution in [-0.4, -0.2) is 47.5 Å². The number of hydrogen-bond donors (Lipinski definition) is 0. The second-order valence-electron chi connectivity index (χ2n) is 7.86. The van der Waals surface area contributed by atoms with E-state index in [0.717, 1.165) is 6.08 Å². The minimum Gasteiger partial charge on any atom is -0.494 e. The summed E-state index contributed by atoms with van der Waals surface area (Å²) in [6, 6.07) is 7.04. The highest BCUT2D eigenvalue weighted by Crippen LogP contribution is 2.40. The summed E-state index contributed by atoms with van der Waals surface area (Å²) >= 11 is 0. The molecule has 1 aliphatic carbocycles. The SMILES string of the molecule is CCOC(=O)c1cc2nc(C3=CC(F)=C(F)C(F)C3C)cc(N(C)c3c(F)cccc3OC)n2n1. The highest BCUT2D eigenvalue weighted by Gasteiger charge is 2.34. The first-order valence-electron chi connectivity index (χ1n) is 10.7. The molecule has 1 aromatic carbocycles. The molecule has 7 nitrogen and oxygen atoms in total. The average molecular weight is 490 g/mol. The van der Waals surface area contributed by atoms with Gasteiger partial charge in [0.05, 0.1) is 19.4 Å². The lowest BCUT2D eigenvalue weighted by molar-refractivity contribution is 0.0519. The van der Waals surface area contributed by atoms with Gasteiger partial charge in [-0.05, 0) is 30.7 Å². The lowest BCUT2D eigenvalue weighted by Gasteiger charge is -2.26. The van der Waals surface area contributed by atoms with E-state index in [0.29, 0.717) is 0 Å². The number of para-hydroxylation sites is 1. The normalized spacial score (nSPS) is 18.0. The Morgan fingerprint density at radius 2 is 1.97 bits per heavy atom. The van der Waals surface area contributed by atoms with Crippen LogP contribution in [0.25, 0.3) is 11.2 Å². The standard InChI is InChI=1S/C24H22F4N4O3/c1-5-35-24(33)17-10-19-29-16(13-9-15(26)22(28)21(27)12(13)2)11-20(32(19)30-17)31(3)23-14(25)7-6-8-18(23)34-4/h6-12,21H,5H2,1-4H3. The minimum absolute atomic E-state index is 0.0489. The van der Waals surface area contributed by atoms with Crippen molar-refractivity contribution in [3.05, 3.63) is 65.3 Å². The van der Waals surface area contributed by atoms with Crippen LogP contribution in [0.15, 0.2) is 48.1 Å². The fourth-order valence-electron chi connectivity index (χ4n) is 3.90. The van der Waals surface area contributed by atoms with Crippen LogP contribution in [0, 0.1) is 11.7 Å². The number of esters is 1. The van der Waals surface area contributed by atoms with Crippen LogP contribution in [0.4, 0.5) is 29.1 Å². The van der Waals surface area contributed by atoms with Crippen LogP contribution in [0.2, 0.25) is 0 Å². The molecule has 1 aliphatic rings. The van der Waals surface area contributed by atoms with Crippen molar-refractivity contribution in [2.24, 2.45) is 5.92 Å². The van der Waals surface area contributed by atoms with Crippen molar-refractivity contribution >= 4 is 28.7 Å². The highest BCUT2D eigenvalue weighted by atomic mass is 19.2. The maximum absolute atomic E-state index is 14.9. The van der Waals surface area contributed by atoms with Gasteiger partial charge < -0.3 is 14.4 Å². The van der Waals surface area contributed by atoms with Gasteiger partial charge in [0.1, 0.15) is 17.3 Å². The molecule has 0 radical (unpaired) electrons. The Hall–Kier alpha value is -3.89. The molecule has 2 aromatic heterocycles. The Kier molecular flexibility index (Phi) is 6.51. The summed E-state index contributed by atoms with van der Waals surface area (Å²) in [5, 5.41) is 4.25. The first-order chi connectivity index (χ1) is 16.7. The van der Waals surface area contributed by atoms with Gasteiger partial charge in [0.25, 0.3) is 0 Å². The molecule has 35 heavy (non-hydrogen) atoms. The van der Waals surface area contributed by atoms with Crippen molar-refractivity contribution in [3.63, 3.8) is 0 Å². The van der Waals surface area contributed by atoms with Gasteiger partial charge in [-0.15, -0.1) is 0 Å². The summed E-state index contributed by atoms with van der Waals surface area (Å²) in [6.07, 6.45) is -1.31. The predicted octanol–water partition coefficient (Wildman–Crippen LogP) is 5.34. The first-order valence-corrected chi connectivity index (χ1v) is 10.7. The molecule has 2 unspecified atom stereocenters. The van der Waals surface area contributed by atoms with Crippen LogP contribution in [0.3, 0.4) is 0 Å². The summed E-state index contributed by atoms with van der Waals surface area (Å²) in [4.78, 5) is 18.1. The third-order valence-electron chi connectivity index (χ3n) is 5.72. The van der Waals surface area contributed by atoms with Crippen LogP contribution in [0.1, 0.15) is 30.0 Å². The van der Waals surface area contributed by atoms with Crippen molar-refractivity contribution in [1.82, 2.24) is 14.6 Å². The lowest BCUT2D eigenvalue weighted by atomic mass is 9.88. The fourth-order valence-corrected chi connectivity index (χ4v) is 3.90. The monoisotopic (exact) mass is 490 g/mol. The summed E-state index contributed by atoms with van der Waals surface area (Å²) in [5.74, 6) is -4.78. The van der Waals surface area contributed by atoms with E-state index in [1.54, 1.807) is 13.0 Å². The molecule has 11 heteroatoms. The molecule has 0 spiro atoms. The first kappa shape index (κ1) is 24.2. The largest absolute Gasteiger partial charge is 0.494 e. The molecule has 0 saturated carbocycles. The zero-order valence-corrected chi connectivity index (χ0v) is 19.4. The van der Waals surface area contributed by atoms with E-state index in [-0.39, 0.29) is 46.5 Å². The van der Waals surface area contributed by atoms with E-state index in [4.69, 9.17) is 9.47 Å². The number of carbonyl (C=O) groups is 1. The number of ether oxygens (including phenoxy) is 2. The van der Waals surface area contributed by atoms with Crippen molar-refractivity contribution in [3.8, 4) is 5.75 Å². The summed E-state index contributed by atoms with van der Waals surface area (Å²) in [5.41, 5.74) is 0.294. The number of rotatable bonds is 6. The second-order valence-corrected chi connectivity index (χ2v) is 7.86. The molecule has 0 N–H and O–H groups in total. The molecule has 3 aromatic rings. The zero-order chi connectivity index (χ0) is 25.4. The number of anilines is 2. The molecular formula is C24H22F4N4O3. The van der Waals surface area contributed by atoms with Gasteiger partial charge in [0, 0.05) is 25.1 Å². The van der Waals surface area contributed by atoms with Crippen molar-refractivity contribution in [2.45, 2.75) is 20.0 Å². The molecule has 4 rings (SSSR count). The van der Waals surface area contributed by atoms with Crippen LogP contribution in [0.5, 0.6) is 5.75 Å². The summed E-state index contributed by atoms with van der Waals surface area (Å²) in [7, 11) is 2.91. The van der Waals surface area contributed by atoms with E-state index in [9.17, 15) is 22.4 Å². The third kappa shape index (κ3) is 4.22. The molecule has 0 bridgehead atoms. The number of hydrogen-bond acceptors (Lipinski definition) is 6. The third-order valence-corrected chi connectivity index (χ3v) is 5.72. The van der Waals surface area contributed by atoms with E-state index in [1.807, 2.05) is 0 Å². The van der Waals surface area contributed by atoms with Crippen LogP contribution >= 0.6 is 0 Å². The molecule has 0 amide bonds. The van der Waals surface area contributed by atoms with E-state index in [2.05, 4.69) is 10.1 Å². The fraction of sp³-hybridized carbons (Fsp3) is 0.292. The Labute approximate surface area is 198 Å². The van der Waals surface area contributed by atoms with E-state index in [1.165, 1.54) is 54.8 Å². The number of carbonyl (C=O) groups excluding carboxylic acids is 1. The minimum atomic E-state index is -2.19. The van der Waals surface area contributed by atoms with Gasteiger partial charge in [-0.1, -0.05) is 13.0 Å². The molecule has 2 atom stereocenters. The molecule has 0 fully saturated rings. The molecule has 2 heterocycles. The Morgan fingerprint density at radius 1 is 1.23 bits per heavy atom. The number of halogens is 4. The van der Waals surface area contributed by atoms with Gasteiger partial charge in [0.2, 0.25) is 0 Å². The maximum atomic E-state index is 14.9. The molecule has 0 saturated heterocycles. The van der Waals surface area contributed by atoms with Gasteiger partial charge in [0.15, 0.2) is 35.0 Å². The van der Waals surface area contributed by atoms with Crippen LogP contribution in [-0.2, 0) is 4.74 Å². The van der Waals surface area contributed by atoms with E-state index >= 15 is 0 Å². The Bertz CT molecular complexity index is 1370. The smallest absolute Gasteiger partial charge is 0.358 e. The van der Waals surface area contributed by atoms with Crippen LogP contribution < -0.4 is 9.64 Å². The predicted molar refractivity (Wildman–Crippen MR) is 121 cm³/mol. The van der Waals surface area contributed by atoms with Gasteiger partial charge in [-0.2, -0.15) is 9.61 Å². The van der Waals surface area contributed by atoms with Gasteiger partial charge in [-0.3, -0.25) is 0 Å². The number of allylic oxidation sites excluding steroid dienone is 4. The van der Waals surface area contributed by atoms with Gasteiger partial charge >= 0.3 is 5.97 Å². The van der Waals surface area contributed by atoms with Crippen molar-refractivity contribution in [2.75, 3.05) is 25.7 Å². The molecule has 0 aliphatic heterocycles. The van der Waals surface area contributed by atoms with Gasteiger partial charge in [-0.25, -0.2) is 27.3 Å². The Morgan fingerprint density at radius 3 is 2.66 bits per heavy atom. The average Bonchev–Trinajstić information content (AvgIpc) is 3.28. The topological polar surface area (TPSA) is 69.0 Å². The number of aromatic nitrogens is 3. The van der Waals surface area contributed by atoms with E-state index < -0.39 is 35.5 Å². The number of methoxy groups -OCH3 is 1. The number of nitrogens with zero attached hydrogens (tertiary/aromatic N) is 4. The summed E-state index contributed by atoms with van der Waals surface area (Å²) < 4.78 is 68.8. The quantitative estimate of drug-likeness (QED) is 0.343. The number of alkyl halides is 1. The van der Waals surface area contributed by atoms with Crippen molar-refractivity contribution in [1.29, 1.82) is 0 Å². The Balaban J connectivity index is 1.97. The summed E-state index contributed by atoms with van der Waals surface area (Å²) in [6.45, 7) is 3.15. The zero-order valence-electron chi connectivity index (χ0n) is 19.4. The second kappa shape index (κ2) is 9.40. The molecule has 184 valence electrons.